The monoisotopic (exact) mass is 270 g/mol. The second-order valence-electron chi connectivity index (χ2n) is 5.18. The summed E-state index contributed by atoms with van der Waals surface area (Å²) < 4.78 is 0. The van der Waals surface area contributed by atoms with Gasteiger partial charge in [0, 0.05) is 16.5 Å². The van der Waals surface area contributed by atoms with Crippen LogP contribution in [0.15, 0.2) is 30.3 Å². The minimum absolute atomic E-state index is 0.366. The average molecular weight is 271 g/mol. The van der Waals surface area contributed by atoms with Crippen LogP contribution in [0.1, 0.15) is 31.0 Å². The average Bonchev–Trinajstić information content (AvgIpc) is 2.37. The molecule has 1 aromatic carbocycles. The molecule has 3 aromatic rings. The Kier molecular flexibility index (Phi) is 2.90. The van der Waals surface area contributed by atoms with Crippen molar-refractivity contribution < 1.29 is 0 Å². The fourth-order valence-electron chi connectivity index (χ4n) is 2.32. The summed E-state index contributed by atoms with van der Waals surface area (Å²) in [5.74, 6) is 0.366. The largest absolute Gasteiger partial charge is 0.251 e. The highest BCUT2D eigenvalue weighted by atomic mass is 35.5. The van der Waals surface area contributed by atoms with E-state index in [2.05, 4.69) is 48.1 Å². The highest BCUT2D eigenvalue weighted by Gasteiger charge is 2.11. The van der Waals surface area contributed by atoms with Crippen LogP contribution in [0.5, 0.6) is 0 Å². The lowest BCUT2D eigenvalue weighted by Crippen LogP contribution is -1.94. The molecule has 0 fully saturated rings. The second kappa shape index (κ2) is 4.46. The number of nitrogens with zero attached hydrogens (tertiary/aromatic N) is 2. The second-order valence-corrected chi connectivity index (χ2v) is 5.54. The van der Waals surface area contributed by atoms with E-state index in [1.165, 1.54) is 0 Å². The maximum atomic E-state index is 6.30. The molecule has 2 aromatic heterocycles. The van der Waals surface area contributed by atoms with Gasteiger partial charge in [-0.05, 0) is 30.5 Å². The van der Waals surface area contributed by atoms with E-state index in [1.54, 1.807) is 0 Å². The molecular weight excluding hydrogens is 256 g/mol. The molecule has 19 heavy (non-hydrogen) atoms. The van der Waals surface area contributed by atoms with Gasteiger partial charge in [0.1, 0.15) is 5.15 Å². The number of rotatable bonds is 1. The molecule has 96 valence electrons. The number of hydrogen-bond acceptors (Lipinski definition) is 2. The van der Waals surface area contributed by atoms with Crippen LogP contribution in [-0.4, -0.2) is 9.97 Å². The van der Waals surface area contributed by atoms with Crippen LogP contribution in [0.25, 0.3) is 21.8 Å². The summed E-state index contributed by atoms with van der Waals surface area (Å²) >= 11 is 6.30. The van der Waals surface area contributed by atoms with Crippen molar-refractivity contribution in [3.63, 3.8) is 0 Å². The minimum atomic E-state index is 0.366. The number of aryl methyl sites for hydroxylation is 1. The zero-order valence-electron chi connectivity index (χ0n) is 11.2. The number of hydrogen-bond donors (Lipinski definition) is 0. The van der Waals surface area contributed by atoms with Gasteiger partial charge in [-0.3, -0.25) is 4.98 Å². The SMILES string of the molecule is Cc1ccc2ccc3cc(C(C)C)c(Cl)nc3c2n1. The Labute approximate surface area is 117 Å². The first-order valence-electron chi connectivity index (χ1n) is 6.43. The molecule has 0 N–H and O–H groups in total. The van der Waals surface area contributed by atoms with Gasteiger partial charge >= 0.3 is 0 Å². The van der Waals surface area contributed by atoms with Crippen LogP contribution in [0.3, 0.4) is 0 Å². The predicted molar refractivity (Wildman–Crippen MR) is 80.9 cm³/mol. The van der Waals surface area contributed by atoms with Crippen molar-refractivity contribution in [3.8, 4) is 0 Å². The molecule has 2 heterocycles. The van der Waals surface area contributed by atoms with Gasteiger partial charge in [0.25, 0.3) is 0 Å². The third kappa shape index (κ3) is 2.06. The van der Waals surface area contributed by atoms with Crippen molar-refractivity contribution in [1.29, 1.82) is 0 Å². The lowest BCUT2D eigenvalue weighted by atomic mass is 10.0. The van der Waals surface area contributed by atoms with Crippen molar-refractivity contribution >= 4 is 33.4 Å². The zero-order valence-corrected chi connectivity index (χ0v) is 12.0. The van der Waals surface area contributed by atoms with E-state index in [1.807, 2.05) is 13.0 Å². The molecule has 0 radical (unpaired) electrons. The first-order chi connectivity index (χ1) is 9.06. The van der Waals surface area contributed by atoms with Crippen LogP contribution in [0.2, 0.25) is 5.15 Å². The van der Waals surface area contributed by atoms with Crippen LogP contribution >= 0.6 is 11.6 Å². The standard InChI is InChI=1S/C16H15ClN2/c1-9(2)13-8-12-7-6-11-5-4-10(3)18-14(11)15(12)19-16(13)17/h4-9H,1-3H3. The summed E-state index contributed by atoms with van der Waals surface area (Å²) in [7, 11) is 0. The van der Waals surface area contributed by atoms with E-state index in [-0.39, 0.29) is 0 Å². The molecule has 0 spiro atoms. The van der Waals surface area contributed by atoms with E-state index in [9.17, 15) is 0 Å². The van der Waals surface area contributed by atoms with Gasteiger partial charge in [-0.25, -0.2) is 4.98 Å². The summed E-state index contributed by atoms with van der Waals surface area (Å²) in [6.45, 7) is 6.23. The normalized spacial score (nSPS) is 11.6. The van der Waals surface area contributed by atoms with Crippen LogP contribution in [-0.2, 0) is 0 Å². The minimum Gasteiger partial charge on any atom is -0.251 e. The Balaban J connectivity index is 2.42. The van der Waals surface area contributed by atoms with Crippen LogP contribution in [0, 0.1) is 6.92 Å². The molecule has 3 rings (SSSR count). The summed E-state index contributed by atoms with van der Waals surface area (Å²) in [6, 6.07) is 10.4. The molecule has 0 atom stereocenters. The van der Waals surface area contributed by atoms with Crippen molar-refractivity contribution in [2.45, 2.75) is 26.7 Å². The molecule has 0 saturated carbocycles. The lowest BCUT2D eigenvalue weighted by molar-refractivity contribution is 0.862. The van der Waals surface area contributed by atoms with Crippen molar-refractivity contribution in [2.24, 2.45) is 0 Å². The van der Waals surface area contributed by atoms with Gasteiger partial charge in [0.2, 0.25) is 0 Å². The number of halogens is 1. The maximum absolute atomic E-state index is 6.30. The van der Waals surface area contributed by atoms with Gasteiger partial charge in [0.05, 0.1) is 11.0 Å². The quantitative estimate of drug-likeness (QED) is 0.466. The molecule has 3 heteroatoms. The summed E-state index contributed by atoms with van der Waals surface area (Å²) in [5, 5.41) is 2.77. The highest BCUT2D eigenvalue weighted by Crippen LogP contribution is 2.29. The molecular formula is C16H15ClN2. The highest BCUT2D eigenvalue weighted by molar-refractivity contribution is 6.31. The summed E-state index contributed by atoms with van der Waals surface area (Å²) in [6.07, 6.45) is 0. The molecule has 0 unspecified atom stereocenters. The van der Waals surface area contributed by atoms with Gasteiger partial charge in [-0.1, -0.05) is 43.6 Å². The van der Waals surface area contributed by atoms with Gasteiger partial charge in [-0.2, -0.15) is 0 Å². The van der Waals surface area contributed by atoms with Crippen LogP contribution in [0.4, 0.5) is 0 Å². The van der Waals surface area contributed by atoms with Crippen LogP contribution < -0.4 is 0 Å². The van der Waals surface area contributed by atoms with Crippen molar-refractivity contribution in [1.82, 2.24) is 9.97 Å². The molecule has 0 amide bonds. The fraction of sp³-hybridized carbons (Fsp3) is 0.250. The van der Waals surface area contributed by atoms with Gasteiger partial charge < -0.3 is 0 Å². The van der Waals surface area contributed by atoms with E-state index in [0.717, 1.165) is 33.1 Å². The fourth-order valence-corrected chi connectivity index (χ4v) is 2.67. The molecule has 0 aliphatic heterocycles. The predicted octanol–water partition coefficient (Wildman–Crippen LogP) is 4.87. The first-order valence-corrected chi connectivity index (χ1v) is 6.80. The number of pyridine rings is 2. The molecule has 0 bridgehead atoms. The molecule has 0 aliphatic rings. The summed E-state index contributed by atoms with van der Waals surface area (Å²) in [5.41, 5.74) is 3.89. The van der Waals surface area contributed by atoms with Crippen molar-refractivity contribution in [3.05, 3.63) is 46.7 Å². The van der Waals surface area contributed by atoms with E-state index >= 15 is 0 Å². The van der Waals surface area contributed by atoms with E-state index < -0.39 is 0 Å². The summed E-state index contributed by atoms with van der Waals surface area (Å²) in [4.78, 5) is 9.17. The third-order valence-corrected chi connectivity index (χ3v) is 3.69. The van der Waals surface area contributed by atoms with Gasteiger partial charge in [-0.15, -0.1) is 0 Å². The Hall–Kier alpha value is -1.67. The van der Waals surface area contributed by atoms with E-state index in [4.69, 9.17) is 11.6 Å². The van der Waals surface area contributed by atoms with E-state index in [0.29, 0.717) is 11.1 Å². The number of benzene rings is 1. The smallest absolute Gasteiger partial charge is 0.133 e. The number of aromatic nitrogens is 2. The number of fused-ring (bicyclic) bond motifs is 3. The molecule has 0 saturated heterocycles. The zero-order chi connectivity index (χ0) is 13.6. The first kappa shape index (κ1) is 12.4. The maximum Gasteiger partial charge on any atom is 0.133 e. The Morgan fingerprint density at radius 3 is 2.32 bits per heavy atom. The van der Waals surface area contributed by atoms with Gasteiger partial charge in [0.15, 0.2) is 0 Å². The third-order valence-electron chi connectivity index (χ3n) is 3.39. The molecule has 0 aliphatic carbocycles. The molecule has 2 nitrogen and oxygen atoms in total. The van der Waals surface area contributed by atoms with Crippen molar-refractivity contribution in [2.75, 3.05) is 0 Å². The lowest BCUT2D eigenvalue weighted by Gasteiger charge is -2.10. The Morgan fingerprint density at radius 1 is 0.947 bits per heavy atom. The Bertz CT molecular complexity index is 778. The topological polar surface area (TPSA) is 25.8 Å². The Morgan fingerprint density at radius 2 is 1.58 bits per heavy atom.